The molecule has 1 aromatic carbocycles. The van der Waals surface area contributed by atoms with E-state index in [4.69, 9.17) is 0 Å². The molecule has 6 heteroatoms. The van der Waals surface area contributed by atoms with E-state index in [-0.39, 0.29) is 5.56 Å². The number of anilines is 1. The molecule has 0 spiro atoms. The Kier molecular flexibility index (Phi) is 3.82. The van der Waals surface area contributed by atoms with Gasteiger partial charge in [0.1, 0.15) is 11.6 Å². The average Bonchev–Trinajstić information content (AvgIpc) is 2.56. The van der Waals surface area contributed by atoms with Gasteiger partial charge in [-0.3, -0.25) is 9.78 Å². The zero-order valence-corrected chi connectivity index (χ0v) is 11.4. The molecule has 0 saturated heterocycles. The van der Waals surface area contributed by atoms with Crippen molar-refractivity contribution in [3.63, 3.8) is 0 Å². The van der Waals surface area contributed by atoms with Crippen LogP contribution in [0.15, 0.2) is 61.1 Å². The number of nitrogens with one attached hydrogen (secondary N) is 1. The van der Waals surface area contributed by atoms with Crippen LogP contribution in [0.25, 0.3) is 11.4 Å². The largest absolute Gasteiger partial charge is 0.306 e. The van der Waals surface area contributed by atoms with Crippen molar-refractivity contribution in [2.24, 2.45) is 0 Å². The lowest BCUT2D eigenvalue weighted by Crippen LogP contribution is -2.14. The van der Waals surface area contributed by atoms with Gasteiger partial charge in [0.25, 0.3) is 5.91 Å². The minimum absolute atomic E-state index is 0.125. The Hall–Kier alpha value is -3.15. The van der Waals surface area contributed by atoms with Crippen LogP contribution in [0, 0.1) is 5.82 Å². The molecule has 0 bridgehead atoms. The number of hydrogen-bond acceptors (Lipinski definition) is 4. The lowest BCUT2D eigenvalue weighted by molar-refractivity contribution is 0.102. The minimum atomic E-state index is -0.569. The number of hydrogen-bond donors (Lipinski definition) is 1. The summed E-state index contributed by atoms with van der Waals surface area (Å²) in [5.41, 5.74) is 0.964. The Morgan fingerprint density at radius 2 is 1.91 bits per heavy atom. The van der Waals surface area contributed by atoms with E-state index in [2.05, 4.69) is 20.3 Å². The van der Waals surface area contributed by atoms with Crippen LogP contribution in [0.2, 0.25) is 0 Å². The van der Waals surface area contributed by atoms with Gasteiger partial charge in [-0.05, 0) is 12.1 Å². The van der Waals surface area contributed by atoms with E-state index < -0.39 is 11.7 Å². The highest BCUT2D eigenvalue weighted by Gasteiger charge is 2.09. The topological polar surface area (TPSA) is 67.8 Å². The first-order valence-corrected chi connectivity index (χ1v) is 6.53. The number of carbonyl (C=O) groups excluding carboxylic acids is 1. The van der Waals surface area contributed by atoms with Gasteiger partial charge in [-0.15, -0.1) is 0 Å². The van der Waals surface area contributed by atoms with Crippen LogP contribution >= 0.6 is 0 Å². The van der Waals surface area contributed by atoms with Crippen LogP contribution in [-0.4, -0.2) is 20.9 Å². The smallest absolute Gasteiger partial charge is 0.258 e. The number of rotatable bonds is 3. The summed E-state index contributed by atoms with van der Waals surface area (Å²) in [4.78, 5) is 24.1. The van der Waals surface area contributed by atoms with Crippen molar-refractivity contribution in [1.29, 1.82) is 0 Å². The first-order chi connectivity index (χ1) is 10.7. The Morgan fingerprint density at radius 3 is 2.68 bits per heavy atom. The maximum atomic E-state index is 13.1. The van der Waals surface area contributed by atoms with Crippen molar-refractivity contribution in [3.8, 4) is 11.4 Å². The van der Waals surface area contributed by atoms with E-state index >= 15 is 0 Å². The molecule has 2 aromatic heterocycles. The molecule has 0 radical (unpaired) electrons. The summed E-state index contributed by atoms with van der Waals surface area (Å²) in [7, 11) is 0. The number of halogens is 1. The molecule has 0 saturated carbocycles. The van der Waals surface area contributed by atoms with Gasteiger partial charge in [0.2, 0.25) is 0 Å². The third-order valence-corrected chi connectivity index (χ3v) is 2.90. The summed E-state index contributed by atoms with van der Waals surface area (Å²) in [5.74, 6) is -0.219. The van der Waals surface area contributed by atoms with Crippen molar-refractivity contribution in [2.45, 2.75) is 0 Å². The summed E-state index contributed by atoms with van der Waals surface area (Å²) in [6, 6.07) is 12.1. The van der Waals surface area contributed by atoms with Gasteiger partial charge in [-0.1, -0.05) is 30.3 Å². The second-order valence-electron chi connectivity index (χ2n) is 4.48. The Bertz CT molecular complexity index is 808. The maximum Gasteiger partial charge on any atom is 0.258 e. The summed E-state index contributed by atoms with van der Waals surface area (Å²) in [6.07, 6.45) is 3.88. The predicted octanol–water partition coefficient (Wildman–Crippen LogP) is 2.93. The van der Waals surface area contributed by atoms with E-state index in [9.17, 15) is 9.18 Å². The van der Waals surface area contributed by atoms with Crippen molar-refractivity contribution >= 4 is 11.7 Å². The normalized spacial score (nSPS) is 10.2. The molecule has 3 aromatic rings. The van der Waals surface area contributed by atoms with E-state index in [0.717, 1.165) is 17.8 Å². The molecule has 2 heterocycles. The van der Waals surface area contributed by atoms with Crippen LogP contribution in [-0.2, 0) is 0 Å². The van der Waals surface area contributed by atoms with Gasteiger partial charge in [0.15, 0.2) is 5.82 Å². The first-order valence-electron chi connectivity index (χ1n) is 6.53. The second kappa shape index (κ2) is 6.09. The van der Waals surface area contributed by atoms with Gasteiger partial charge >= 0.3 is 0 Å². The Balaban J connectivity index is 1.83. The number of pyridine rings is 1. The monoisotopic (exact) mass is 294 g/mol. The predicted molar refractivity (Wildman–Crippen MR) is 79.6 cm³/mol. The summed E-state index contributed by atoms with van der Waals surface area (Å²) in [6.45, 7) is 0. The van der Waals surface area contributed by atoms with Crippen LogP contribution < -0.4 is 5.32 Å². The number of nitrogens with zero attached hydrogens (tertiary/aromatic N) is 3. The third-order valence-electron chi connectivity index (χ3n) is 2.90. The third kappa shape index (κ3) is 3.12. The zero-order chi connectivity index (χ0) is 15.4. The molecule has 3 rings (SSSR count). The standard InChI is InChI=1S/C16H11FN4O/c17-13-8-12(9-18-10-13)16(22)21-14-6-7-19-15(20-14)11-4-2-1-3-5-11/h1-10H,(H,19,20,21,22). The van der Waals surface area contributed by atoms with Crippen molar-refractivity contribution in [2.75, 3.05) is 5.32 Å². The van der Waals surface area contributed by atoms with E-state index in [0.29, 0.717) is 11.6 Å². The number of carbonyl (C=O) groups is 1. The highest BCUT2D eigenvalue weighted by molar-refractivity contribution is 6.03. The minimum Gasteiger partial charge on any atom is -0.306 e. The Labute approximate surface area is 125 Å². The fourth-order valence-corrected chi connectivity index (χ4v) is 1.88. The summed E-state index contributed by atoms with van der Waals surface area (Å²) < 4.78 is 13.1. The van der Waals surface area contributed by atoms with Gasteiger partial charge < -0.3 is 5.32 Å². The zero-order valence-electron chi connectivity index (χ0n) is 11.4. The van der Waals surface area contributed by atoms with Crippen LogP contribution in [0.3, 0.4) is 0 Å². The molecule has 5 nitrogen and oxygen atoms in total. The van der Waals surface area contributed by atoms with Crippen LogP contribution in [0.4, 0.5) is 10.2 Å². The van der Waals surface area contributed by atoms with E-state index in [1.165, 1.54) is 6.20 Å². The molecule has 0 aliphatic rings. The molecule has 108 valence electrons. The molecule has 22 heavy (non-hydrogen) atoms. The molecular formula is C16H11FN4O. The van der Waals surface area contributed by atoms with E-state index in [1.54, 1.807) is 12.3 Å². The van der Waals surface area contributed by atoms with Crippen LogP contribution in [0.5, 0.6) is 0 Å². The molecule has 0 aliphatic carbocycles. The van der Waals surface area contributed by atoms with Crippen LogP contribution in [0.1, 0.15) is 10.4 Å². The Morgan fingerprint density at radius 1 is 1.09 bits per heavy atom. The van der Waals surface area contributed by atoms with Crippen molar-refractivity contribution in [3.05, 3.63) is 72.4 Å². The fraction of sp³-hybridized carbons (Fsp3) is 0. The van der Waals surface area contributed by atoms with Gasteiger partial charge in [-0.2, -0.15) is 0 Å². The van der Waals surface area contributed by atoms with Gasteiger partial charge in [0.05, 0.1) is 11.8 Å². The molecule has 0 fully saturated rings. The second-order valence-corrected chi connectivity index (χ2v) is 4.48. The number of benzene rings is 1. The number of amides is 1. The molecule has 1 N–H and O–H groups in total. The molecule has 1 amide bonds. The number of aromatic nitrogens is 3. The first kappa shape index (κ1) is 13.8. The van der Waals surface area contributed by atoms with Crippen molar-refractivity contribution in [1.82, 2.24) is 15.0 Å². The summed E-state index contributed by atoms with van der Waals surface area (Å²) in [5, 5.41) is 2.60. The van der Waals surface area contributed by atoms with Crippen molar-refractivity contribution < 1.29 is 9.18 Å². The molecule has 0 unspecified atom stereocenters. The molecular weight excluding hydrogens is 283 g/mol. The molecule has 0 atom stereocenters. The lowest BCUT2D eigenvalue weighted by atomic mass is 10.2. The highest BCUT2D eigenvalue weighted by Crippen LogP contribution is 2.16. The fourth-order valence-electron chi connectivity index (χ4n) is 1.88. The highest BCUT2D eigenvalue weighted by atomic mass is 19.1. The average molecular weight is 294 g/mol. The van der Waals surface area contributed by atoms with Gasteiger partial charge in [-0.25, -0.2) is 14.4 Å². The molecule has 0 aliphatic heterocycles. The van der Waals surface area contributed by atoms with Gasteiger partial charge in [0, 0.05) is 18.0 Å². The quantitative estimate of drug-likeness (QED) is 0.806. The SMILES string of the molecule is O=C(Nc1ccnc(-c2ccccc2)n1)c1cncc(F)c1. The summed E-state index contributed by atoms with van der Waals surface area (Å²) >= 11 is 0. The lowest BCUT2D eigenvalue weighted by Gasteiger charge is -2.06. The maximum absolute atomic E-state index is 13.1. The van der Waals surface area contributed by atoms with E-state index in [1.807, 2.05) is 30.3 Å².